The number of nitrogens with zero attached hydrogens (tertiary/aromatic N) is 1. The Morgan fingerprint density at radius 2 is 2.10 bits per heavy atom. The van der Waals surface area contributed by atoms with E-state index in [1.807, 2.05) is 0 Å². The lowest BCUT2D eigenvalue weighted by atomic mass is 9.84. The normalized spacial score (nSPS) is 17.4. The van der Waals surface area contributed by atoms with E-state index in [0.29, 0.717) is 5.69 Å². The van der Waals surface area contributed by atoms with Gasteiger partial charge in [-0.1, -0.05) is 30.6 Å². The van der Waals surface area contributed by atoms with Crippen molar-refractivity contribution < 1.29 is 14.7 Å². The van der Waals surface area contributed by atoms with Crippen LogP contribution in [0.3, 0.4) is 0 Å². The number of rotatable bonds is 5. The molecule has 0 aliphatic heterocycles. The predicted octanol–water partition coefficient (Wildman–Crippen LogP) is 1.37. The van der Waals surface area contributed by atoms with Crippen molar-refractivity contribution in [1.82, 2.24) is 9.88 Å². The van der Waals surface area contributed by atoms with Crippen molar-refractivity contribution in [2.24, 2.45) is 5.92 Å². The fourth-order valence-corrected chi connectivity index (χ4v) is 3.54. The predicted molar refractivity (Wildman–Crippen MR) is 79.5 cm³/mol. The van der Waals surface area contributed by atoms with Crippen LogP contribution in [0.15, 0.2) is 10.2 Å². The molecule has 1 aromatic heterocycles. The molecule has 7 heteroatoms. The summed E-state index contributed by atoms with van der Waals surface area (Å²) in [6.07, 6.45) is 4.80. The van der Waals surface area contributed by atoms with E-state index in [1.54, 1.807) is 12.3 Å². The first-order valence-electron chi connectivity index (χ1n) is 7.16. The molecule has 6 nitrogen and oxygen atoms in total. The molecule has 1 atom stereocenters. The average Bonchev–Trinajstić information content (AvgIpc) is 2.77. The lowest BCUT2D eigenvalue weighted by molar-refractivity contribution is -0.144. The number of carboxylic acid groups (broad SMARTS) is 1. The standard InChI is InChI=1S/C14H20N2O4S/c1-9-8-21-14(20)16(9)7-11(17)15-12(13(18)19)10-5-3-2-4-6-10/h8,10,12H,2-7H2,1H3,(H,15,17)(H,18,19). The van der Waals surface area contributed by atoms with Crippen LogP contribution in [-0.2, 0) is 16.1 Å². The summed E-state index contributed by atoms with van der Waals surface area (Å²) in [6.45, 7) is 1.63. The number of nitrogens with one attached hydrogen (secondary N) is 1. The SMILES string of the molecule is Cc1csc(=O)n1CC(=O)NC(C(=O)O)C1CCCCC1. The van der Waals surface area contributed by atoms with Crippen molar-refractivity contribution >= 4 is 23.2 Å². The van der Waals surface area contributed by atoms with Gasteiger partial charge in [0.15, 0.2) is 0 Å². The number of aliphatic carboxylic acids is 1. The van der Waals surface area contributed by atoms with Gasteiger partial charge in [-0.2, -0.15) is 0 Å². The second kappa shape index (κ2) is 6.89. The second-order valence-electron chi connectivity index (χ2n) is 5.51. The Morgan fingerprint density at radius 3 is 2.62 bits per heavy atom. The molecule has 0 radical (unpaired) electrons. The molecule has 1 heterocycles. The number of carbonyl (C=O) groups is 2. The maximum absolute atomic E-state index is 12.0. The molecular weight excluding hydrogens is 292 g/mol. The Kier molecular flexibility index (Phi) is 5.17. The second-order valence-corrected chi connectivity index (χ2v) is 6.33. The Morgan fingerprint density at radius 1 is 1.43 bits per heavy atom. The van der Waals surface area contributed by atoms with E-state index in [9.17, 15) is 19.5 Å². The summed E-state index contributed by atoms with van der Waals surface area (Å²) < 4.78 is 1.36. The first-order valence-corrected chi connectivity index (χ1v) is 8.04. The molecule has 1 aliphatic rings. The van der Waals surface area contributed by atoms with Gasteiger partial charge >= 0.3 is 10.8 Å². The van der Waals surface area contributed by atoms with Crippen LogP contribution in [0, 0.1) is 12.8 Å². The number of amides is 1. The Hall–Kier alpha value is -1.63. The Balaban J connectivity index is 2.01. The maximum atomic E-state index is 12.0. The maximum Gasteiger partial charge on any atom is 0.326 e. The third kappa shape index (κ3) is 3.93. The van der Waals surface area contributed by atoms with Gasteiger partial charge in [-0.05, 0) is 25.7 Å². The van der Waals surface area contributed by atoms with Crippen LogP contribution in [0.1, 0.15) is 37.8 Å². The summed E-state index contributed by atoms with van der Waals surface area (Å²) >= 11 is 1.04. The monoisotopic (exact) mass is 312 g/mol. The van der Waals surface area contributed by atoms with Gasteiger partial charge in [0.25, 0.3) is 0 Å². The number of thiazole rings is 1. The Bertz CT molecular complexity index is 572. The average molecular weight is 312 g/mol. The van der Waals surface area contributed by atoms with E-state index in [0.717, 1.165) is 43.4 Å². The number of carbonyl (C=O) groups excluding carboxylic acids is 1. The van der Waals surface area contributed by atoms with Gasteiger partial charge in [-0.3, -0.25) is 14.2 Å². The van der Waals surface area contributed by atoms with Crippen molar-refractivity contribution in [3.05, 3.63) is 20.7 Å². The molecule has 1 aliphatic carbocycles. The molecular formula is C14H20N2O4S. The van der Waals surface area contributed by atoms with Crippen LogP contribution >= 0.6 is 11.3 Å². The minimum atomic E-state index is -0.996. The zero-order valence-electron chi connectivity index (χ0n) is 12.0. The number of hydrogen-bond donors (Lipinski definition) is 2. The lowest BCUT2D eigenvalue weighted by Gasteiger charge is -2.28. The zero-order chi connectivity index (χ0) is 15.4. The number of hydrogen-bond acceptors (Lipinski definition) is 4. The van der Waals surface area contributed by atoms with Gasteiger partial charge in [0.1, 0.15) is 12.6 Å². The molecule has 2 N–H and O–H groups in total. The highest BCUT2D eigenvalue weighted by atomic mass is 32.1. The first-order chi connectivity index (χ1) is 9.99. The third-order valence-corrected chi connectivity index (χ3v) is 4.86. The molecule has 1 aromatic rings. The summed E-state index contributed by atoms with van der Waals surface area (Å²) in [5.74, 6) is -1.43. The van der Waals surface area contributed by atoms with Crippen LogP contribution < -0.4 is 10.2 Å². The topological polar surface area (TPSA) is 88.4 Å². The summed E-state index contributed by atoms with van der Waals surface area (Å²) in [7, 11) is 0. The zero-order valence-corrected chi connectivity index (χ0v) is 12.8. The van der Waals surface area contributed by atoms with Gasteiger partial charge in [0.2, 0.25) is 5.91 Å². The van der Waals surface area contributed by atoms with Gasteiger partial charge in [0.05, 0.1) is 0 Å². The molecule has 1 saturated carbocycles. The molecule has 1 unspecified atom stereocenters. The van der Waals surface area contributed by atoms with Gasteiger partial charge in [-0.25, -0.2) is 4.79 Å². The highest BCUT2D eigenvalue weighted by Crippen LogP contribution is 2.26. The van der Waals surface area contributed by atoms with Gasteiger partial charge < -0.3 is 10.4 Å². The summed E-state index contributed by atoms with van der Waals surface area (Å²) in [5.41, 5.74) is 0.713. The molecule has 0 spiro atoms. The number of carboxylic acids is 1. The van der Waals surface area contributed by atoms with Crippen LogP contribution in [0.5, 0.6) is 0 Å². The largest absolute Gasteiger partial charge is 0.480 e. The molecule has 116 valence electrons. The molecule has 0 bridgehead atoms. The highest BCUT2D eigenvalue weighted by molar-refractivity contribution is 7.07. The minimum absolute atomic E-state index is 0.0134. The van der Waals surface area contributed by atoms with E-state index in [4.69, 9.17) is 0 Å². The molecule has 2 rings (SSSR count). The van der Waals surface area contributed by atoms with Crippen LogP contribution in [0.25, 0.3) is 0 Å². The quantitative estimate of drug-likeness (QED) is 0.859. The van der Waals surface area contributed by atoms with Crippen molar-refractivity contribution in [1.29, 1.82) is 0 Å². The molecule has 0 saturated heterocycles. The van der Waals surface area contributed by atoms with Crippen LogP contribution in [0.4, 0.5) is 0 Å². The fraction of sp³-hybridized carbons (Fsp3) is 0.643. The van der Waals surface area contributed by atoms with E-state index < -0.39 is 17.9 Å². The van der Waals surface area contributed by atoms with Crippen LogP contribution in [-0.4, -0.2) is 27.6 Å². The summed E-state index contributed by atoms with van der Waals surface area (Å²) in [6, 6.07) is -0.854. The smallest absolute Gasteiger partial charge is 0.326 e. The van der Waals surface area contributed by atoms with Crippen molar-refractivity contribution in [3.63, 3.8) is 0 Å². The van der Waals surface area contributed by atoms with Crippen LogP contribution in [0.2, 0.25) is 0 Å². The summed E-state index contributed by atoms with van der Waals surface area (Å²) in [5, 5.41) is 13.6. The van der Waals surface area contributed by atoms with Crippen molar-refractivity contribution in [3.8, 4) is 0 Å². The van der Waals surface area contributed by atoms with Gasteiger partial charge in [-0.15, -0.1) is 0 Å². The molecule has 1 amide bonds. The third-order valence-electron chi connectivity index (χ3n) is 3.98. The van der Waals surface area contributed by atoms with Crippen molar-refractivity contribution in [2.75, 3.05) is 0 Å². The molecule has 1 fully saturated rings. The molecule has 21 heavy (non-hydrogen) atoms. The number of aryl methyl sites for hydroxylation is 1. The van der Waals surface area contributed by atoms with E-state index in [-0.39, 0.29) is 17.3 Å². The van der Waals surface area contributed by atoms with Gasteiger partial charge in [0, 0.05) is 11.1 Å². The molecule has 0 aromatic carbocycles. The number of aromatic nitrogens is 1. The van der Waals surface area contributed by atoms with Crippen molar-refractivity contribution in [2.45, 2.75) is 51.6 Å². The Labute approximate surface area is 126 Å². The first kappa shape index (κ1) is 15.8. The summed E-state index contributed by atoms with van der Waals surface area (Å²) in [4.78, 5) is 34.8. The lowest BCUT2D eigenvalue weighted by Crippen LogP contribution is -2.48. The fourth-order valence-electron chi connectivity index (χ4n) is 2.81. The minimum Gasteiger partial charge on any atom is -0.480 e. The highest BCUT2D eigenvalue weighted by Gasteiger charge is 2.30. The van der Waals surface area contributed by atoms with E-state index in [1.165, 1.54) is 4.57 Å². The van der Waals surface area contributed by atoms with E-state index >= 15 is 0 Å². The van der Waals surface area contributed by atoms with E-state index in [2.05, 4.69) is 5.32 Å².